The fourth-order valence-electron chi connectivity index (χ4n) is 2.27. The molecule has 0 fully saturated rings. The van der Waals surface area contributed by atoms with Crippen LogP contribution < -0.4 is 15.8 Å². The summed E-state index contributed by atoms with van der Waals surface area (Å²) in [6, 6.07) is 13.7. The van der Waals surface area contributed by atoms with Crippen LogP contribution in [0.5, 0.6) is 5.75 Å². The van der Waals surface area contributed by atoms with E-state index in [2.05, 4.69) is 5.32 Å². The molecule has 23 heavy (non-hydrogen) atoms. The Morgan fingerprint density at radius 2 is 1.83 bits per heavy atom. The molecule has 0 aliphatic rings. The van der Waals surface area contributed by atoms with Crippen LogP contribution in [0.15, 0.2) is 48.5 Å². The molecule has 0 bridgehead atoms. The van der Waals surface area contributed by atoms with Crippen molar-refractivity contribution in [1.29, 1.82) is 0 Å². The van der Waals surface area contributed by atoms with Crippen LogP contribution in [0.1, 0.15) is 22.7 Å². The van der Waals surface area contributed by atoms with E-state index >= 15 is 0 Å². The molecule has 3 N–H and O–H groups in total. The summed E-state index contributed by atoms with van der Waals surface area (Å²) in [5, 5.41) is 2.60. The van der Waals surface area contributed by atoms with Gasteiger partial charge in [-0.15, -0.1) is 0 Å². The molecule has 2 rings (SSSR count). The van der Waals surface area contributed by atoms with Crippen LogP contribution in [0.2, 0.25) is 0 Å². The quantitative estimate of drug-likeness (QED) is 0.856. The van der Waals surface area contributed by atoms with Crippen molar-refractivity contribution >= 4 is 11.8 Å². The minimum Gasteiger partial charge on any atom is -0.484 e. The Balaban J connectivity index is 1.98. The topological polar surface area (TPSA) is 81.4 Å². The van der Waals surface area contributed by atoms with E-state index < -0.39 is 17.9 Å². The van der Waals surface area contributed by atoms with Gasteiger partial charge in [0, 0.05) is 0 Å². The normalized spacial score (nSPS) is 11.6. The van der Waals surface area contributed by atoms with Crippen molar-refractivity contribution in [3.8, 4) is 5.75 Å². The molecular weight excluding hydrogens is 292 g/mol. The molecule has 0 aliphatic carbocycles. The lowest BCUT2D eigenvalue weighted by molar-refractivity contribution is -0.128. The van der Waals surface area contributed by atoms with Crippen molar-refractivity contribution in [1.82, 2.24) is 5.32 Å². The summed E-state index contributed by atoms with van der Waals surface area (Å²) in [6.45, 7) is 3.72. The number of hydrogen-bond donors (Lipinski definition) is 2. The van der Waals surface area contributed by atoms with Gasteiger partial charge in [0.05, 0.1) is 0 Å². The standard InChI is InChI=1S/C18H20N2O3/c1-12-8-9-15(13(2)10-12)23-11-16(21)20-17(18(19)22)14-6-4-3-5-7-14/h3-10,17H,11H2,1-2H3,(H2,19,22)(H,20,21). The van der Waals surface area contributed by atoms with Crippen molar-refractivity contribution in [2.24, 2.45) is 5.73 Å². The maximum absolute atomic E-state index is 12.0. The highest BCUT2D eigenvalue weighted by molar-refractivity contribution is 5.88. The zero-order valence-corrected chi connectivity index (χ0v) is 13.2. The number of ether oxygens (including phenoxy) is 1. The summed E-state index contributed by atoms with van der Waals surface area (Å²) in [6.07, 6.45) is 0. The Morgan fingerprint density at radius 3 is 2.43 bits per heavy atom. The summed E-state index contributed by atoms with van der Waals surface area (Å²) in [5.41, 5.74) is 8.08. The van der Waals surface area contributed by atoms with Crippen molar-refractivity contribution in [3.63, 3.8) is 0 Å². The van der Waals surface area contributed by atoms with Crippen LogP contribution in [-0.2, 0) is 9.59 Å². The molecule has 0 aliphatic heterocycles. The second-order valence-corrected chi connectivity index (χ2v) is 5.37. The molecule has 1 atom stereocenters. The van der Waals surface area contributed by atoms with Crippen LogP contribution in [0.4, 0.5) is 0 Å². The second kappa shape index (κ2) is 7.45. The van der Waals surface area contributed by atoms with Crippen LogP contribution >= 0.6 is 0 Å². The molecule has 0 aromatic heterocycles. The molecule has 2 aromatic carbocycles. The summed E-state index contributed by atoms with van der Waals surface area (Å²) < 4.78 is 5.51. The number of primary amides is 1. The molecule has 0 heterocycles. The highest BCUT2D eigenvalue weighted by Crippen LogP contribution is 2.18. The van der Waals surface area contributed by atoms with Gasteiger partial charge in [-0.2, -0.15) is 0 Å². The number of amides is 2. The molecular formula is C18H20N2O3. The third-order valence-corrected chi connectivity index (χ3v) is 3.41. The smallest absolute Gasteiger partial charge is 0.258 e. The van der Waals surface area contributed by atoms with E-state index in [9.17, 15) is 9.59 Å². The highest BCUT2D eigenvalue weighted by atomic mass is 16.5. The molecule has 120 valence electrons. The van der Waals surface area contributed by atoms with Gasteiger partial charge in [0.1, 0.15) is 11.8 Å². The molecule has 2 amide bonds. The Bertz CT molecular complexity index is 699. The van der Waals surface area contributed by atoms with Crippen molar-refractivity contribution in [3.05, 3.63) is 65.2 Å². The second-order valence-electron chi connectivity index (χ2n) is 5.37. The van der Waals surface area contributed by atoms with E-state index in [1.807, 2.05) is 38.1 Å². The molecule has 0 saturated heterocycles. The van der Waals surface area contributed by atoms with Gasteiger partial charge >= 0.3 is 0 Å². The van der Waals surface area contributed by atoms with Gasteiger partial charge in [-0.25, -0.2) is 0 Å². The zero-order chi connectivity index (χ0) is 16.8. The van der Waals surface area contributed by atoms with E-state index in [1.165, 1.54) is 0 Å². The van der Waals surface area contributed by atoms with Crippen molar-refractivity contribution in [2.45, 2.75) is 19.9 Å². The Morgan fingerprint density at radius 1 is 1.13 bits per heavy atom. The number of rotatable bonds is 6. The number of nitrogens with one attached hydrogen (secondary N) is 1. The fraction of sp³-hybridized carbons (Fsp3) is 0.222. The van der Waals surface area contributed by atoms with Crippen molar-refractivity contribution in [2.75, 3.05) is 6.61 Å². The molecule has 0 saturated carbocycles. The highest BCUT2D eigenvalue weighted by Gasteiger charge is 2.20. The molecule has 0 radical (unpaired) electrons. The summed E-state index contributed by atoms with van der Waals surface area (Å²) in [4.78, 5) is 23.6. The van der Waals surface area contributed by atoms with Gasteiger partial charge < -0.3 is 15.8 Å². The molecule has 1 unspecified atom stereocenters. The van der Waals surface area contributed by atoms with Gasteiger partial charge in [-0.05, 0) is 31.0 Å². The minimum atomic E-state index is -0.869. The largest absolute Gasteiger partial charge is 0.484 e. The van der Waals surface area contributed by atoms with Crippen LogP contribution in [0.3, 0.4) is 0 Å². The first-order chi connectivity index (χ1) is 11.0. The first-order valence-corrected chi connectivity index (χ1v) is 7.31. The van der Waals surface area contributed by atoms with Gasteiger partial charge in [0.15, 0.2) is 6.61 Å². The molecule has 2 aromatic rings. The third-order valence-electron chi connectivity index (χ3n) is 3.41. The number of hydrogen-bond acceptors (Lipinski definition) is 3. The molecule has 5 nitrogen and oxygen atoms in total. The maximum Gasteiger partial charge on any atom is 0.258 e. The molecule has 0 spiro atoms. The van der Waals surface area contributed by atoms with Crippen LogP contribution in [0.25, 0.3) is 0 Å². The maximum atomic E-state index is 12.0. The number of carbonyl (C=O) groups is 2. The zero-order valence-electron chi connectivity index (χ0n) is 13.2. The lowest BCUT2D eigenvalue weighted by Gasteiger charge is -2.16. The van der Waals surface area contributed by atoms with Gasteiger partial charge in [0.25, 0.3) is 5.91 Å². The van der Waals surface area contributed by atoms with Crippen LogP contribution in [-0.4, -0.2) is 18.4 Å². The first-order valence-electron chi connectivity index (χ1n) is 7.31. The van der Waals surface area contributed by atoms with E-state index in [0.717, 1.165) is 11.1 Å². The SMILES string of the molecule is Cc1ccc(OCC(=O)NC(C(N)=O)c2ccccc2)c(C)c1. The minimum absolute atomic E-state index is 0.180. The number of aryl methyl sites for hydroxylation is 2. The summed E-state index contributed by atoms with van der Waals surface area (Å²) in [5.74, 6) is -0.380. The summed E-state index contributed by atoms with van der Waals surface area (Å²) in [7, 11) is 0. The third kappa shape index (κ3) is 4.57. The van der Waals surface area contributed by atoms with Crippen molar-refractivity contribution < 1.29 is 14.3 Å². The average Bonchev–Trinajstić information content (AvgIpc) is 2.52. The Hall–Kier alpha value is -2.82. The van der Waals surface area contributed by atoms with E-state index in [0.29, 0.717) is 11.3 Å². The van der Waals surface area contributed by atoms with E-state index in [1.54, 1.807) is 24.3 Å². The predicted molar refractivity (Wildman–Crippen MR) is 87.9 cm³/mol. The number of carbonyl (C=O) groups excluding carboxylic acids is 2. The Labute approximate surface area is 135 Å². The summed E-state index contributed by atoms with van der Waals surface area (Å²) >= 11 is 0. The Kier molecular flexibility index (Phi) is 5.36. The average molecular weight is 312 g/mol. The monoisotopic (exact) mass is 312 g/mol. The number of nitrogens with two attached hydrogens (primary N) is 1. The van der Waals surface area contributed by atoms with Gasteiger partial charge in [-0.1, -0.05) is 48.0 Å². The van der Waals surface area contributed by atoms with Crippen LogP contribution in [0, 0.1) is 13.8 Å². The van der Waals surface area contributed by atoms with Gasteiger partial charge in [0.2, 0.25) is 5.91 Å². The first kappa shape index (κ1) is 16.5. The van der Waals surface area contributed by atoms with E-state index in [-0.39, 0.29) is 6.61 Å². The lowest BCUT2D eigenvalue weighted by Crippen LogP contribution is -2.39. The fourth-order valence-corrected chi connectivity index (χ4v) is 2.27. The predicted octanol–water partition coefficient (Wildman–Crippen LogP) is 2.03. The number of benzene rings is 2. The lowest BCUT2D eigenvalue weighted by atomic mass is 10.1. The molecule has 5 heteroatoms. The van der Waals surface area contributed by atoms with Gasteiger partial charge in [-0.3, -0.25) is 9.59 Å². The van der Waals surface area contributed by atoms with E-state index in [4.69, 9.17) is 10.5 Å².